The predicted octanol–water partition coefficient (Wildman–Crippen LogP) is 3.70. The summed E-state index contributed by atoms with van der Waals surface area (Å²) in [5.41, 5.74) is 1.37. The number of nitrogens with zero attached hydrogens (tertiary/aromatic N) is 2. The van der Waals surface area contributed by atoms with Crippen LogP contribution in [0.5, 0.6) is 0 Å². The lowest BCUT2D eigenvalue weighted by atomic mass is 9.84. The van der Waals surface area contributed by atoms with E-state index in [1.54, 1.807) is 0 Å². The summed E-state index contributed by atoms with van der Waals surface area (Å²) < 4.78 is 2.05. The first-order valence-electron chi connectivity index (χ1n) is 7.74. The molecule has 1 aliphatic rings. The zero-order chi connectivity index (χ0) is 13.9. The third kappa shape index (κ3) is 4.07. The van der Waals surface area contributed by atoms with Gasteiger partial charge in [-0.2, -0.15) is 5.10 Å². The minimum absolute atomic E-state index is 0.0766. The van der Waals surface area contributed by atoms with E-state index in [1.807, 2.05) is 6.20 Å². The Hall–Kier alpha value is -0.830. The van der Waals surface area contributed by atoms with E-state index in [0.717, 1.165) is 12.5 Å². The van der Waals surface area contributed by atoms with Crippen LogP contribution in [0.4, 0.5) is 0 Å². The highest BCUT2D eigenvalue weighted by atomic mass is 15.3. The Morgan fingerprint density at radius 3 is 2.58 bits per heavy atom. The molecule has 0 radical (unpaired) electrons. The highest BCUT2D eigenvalue weighted by Gasteiger charge is 2.20. The van der Waals surface area contributed by atoms with Crippen molar-refractivity contribution in [3.8, 4) is 0 Å². The number of hydrogen-bond acceptors (Lipinski definition) is 2. The second kappa shape index (κ2) is 6.08. The van der Waals surface area contributed by atoms with Gasteiger partial charge < -0.3 is 5.32 Å². The first-order valence-corrected chi connectivity index (χ1v) is 7.74. The van der Waals surface area contributed by atoms with Crippen LogP contribution in [0.2, 0.25) is 0 Å². The summed E-state index contributed by atoms with van der Waals surface area (Å²) in [5.74, 6) is 0.867. The maximum Gasteiger partial charge on any atom is 0.0543 e. The molecule has 1 heterocycles. The van der Waals surface area contributed by atoms with Crippen LogP contribution in [-0.2, 0) is 12.1 Å². The predicted molar refractivity (Wildman–Crippen MR) is 80.1 cm³/mol. The van der Waals surface area contributed by atoms with E-state index in [-0.39, 0.29) is 5.54 Å². The lowest BCUT2D eigenvalue weighted by Crippen LogP contribution is -2.34. The van der Waals surface area contributed by atoms with Crippen LogP contribution in [0.25, 0.3) is 0 Å². The van der Waals surface area contributed by atoms with Crippen molar-refractivity contribution in [1.82, 2.24) is 15.1 Å². The van der Waals surface area contributed by atoms with Crippen molar-refractivity contribution in [2.45, 2.75) is 77.9 Å². The topological polar surface area (TPSA) is 29.9 Å². The zero-order valence-corrected chi connectivity index (χ0v) is 12.9. The summed E-state index contributed by atoms with van der Waals surface area (Å²) in [6, 6.07) is 0.623. The standard InChI is InChI=1S/C16H29N3/c1-13(15-8-6-5-7-9-15)17-10-14-11-18-19(12-14)16(2,3)4/h11-13,15,17H,5-10H2,1-4H3/t13-/m1/s1. The van der Waals surface area contributed by atoms with E-state index in [2.05, 4.69) is 49.0 Å². The zero-order valence-electron chi connectivity index (χ0n) is 12.9. The second-order valence-corrected chi connectivity index (χ2v) is 7.03. The SMILES string of the molecule is C[C@@H](NCc1cnn(C(C)(C)C)c1)C1CCCCC1. The molecular weight excluding hydrogens is 234 g/mol. The lowest BCUT2D eigenvalue weighted by Gasteiger charge is -2.28. The van der Waals surface area contributed by atoms with Crippen LogP contribution in [0.1, 0.15) is 65.4 Å². The molecule has 0 unspecified atom stereocenters. The maximum atomic E-state index is 4.45. The maximum absolute atomic E-state index is 4.45. The van der Waals surface area contributed by atoms with Gasteiger partial charge in [0.2, 0.25) is 0 Å². The van der Waals surface area contributed by atoms with Gasteiger partial charge in [0.15, 0.2) is 0 Å². The van der Waals surface area contributed by atoms with Gasteiger partial charge >= 0.3 is 0 Å². The van der Waals surface area contributed by atoms with Crippen molar-refractivity contribution in [2.24, 2.45) is 5.92 Å². The first kappa shape index (κ1) is 14.6. The Morgan fingerprint density at radius 2 is 2.00 bits per heavy atom. The van der Waals surface area contributed by atoms with Gasteiger partial charge in [-0.15, -0.1) is 0 Å². The highest BCUT2D eigenvalue weighted by Crippen LogP contribution is 2.26. The molecule has 1 aliphatic carbocycles. The van der Waals surface area contributed by atoms with Crippen molar-refractivity contribution in [2.75, 3.05) is 0 Å². The van der Waals surface area contributed by atoms with E-state index >= 15 is 0 Å². The molecule has 3 nitrogen and oxygen atoms in total. The molecule has 1 N–H and O–H groups in total. The largest absolute Gasteiger partial charge is 0.310 e. The Labute approximate surface area is 117 Å². The van der Waals surface area contributed by atoms with Crippen LogP contribution >= 0.6 is 0 Å². The van der Waals surface area contributed by atoms with E-state index in [9.17, 15) is 0 Å². The molecule has 0 saturated heterocycles. The van der Waals surface area contributed by atoms with Crippen molar-refractivity contribution in [3.05, 3.63) is 18.0 Å². The number of aromatic nitrogens is 2. The molecule has 108 valence electrons. The molecule has 0 aliphatic heterocycles. The summed E-state index contributed by atoms with van der Waals surface area (Å²) in [6.45, 7) is 9.82. The van der Waals surface area contributed by atoms with Crippen molar-refractivity contribution in [3.63, 3.8) is 0 Å². The van der Waals surface area contributed by atoms with Gasteiger partial charge in [0, 0.05) is 24.3 Å². The van der Waals surface area contributed by atoms with Crippen LogP contribution in [-0.4, -0.2) is 15.8 Å². The molecule has 0 bridgehead atoms. The molecule has 0 spiro atoms. The highest BCUT2D eigenvalue weighted by molar-refractivity contribution is 5.05. The number of nitrogens with one attached hydrogen (secondary N) is 1. The quantitative estimate of drug-likeness (QED) is 0.897. The van der Waals surface area contributed by atoms with Gasteiger partial charge in [-0.25, -0.2) is 0 Å². The molecular formula is C16H29N3. The molecule has 0 aromatic carbocycles. The van der Waals surface area contributed by atoms with E-state index in [0.29, 0.717) is 6.04 Å². The van der Waals surface area contributed by atoms with Crippen LogP contribution in [0.3, 0.4) is 0 Å². The van der Waals surface area contributed by atoms with Gasteiger partial charge in [-0.3, -0.25) is 4.68 Å². The minimum Gasteiger partial charge on any atom is -0.310 e. The van der Waals surface area contributed by atoms with Gasteiger partial charge in [0.05, 0.1) is 11.7 Å². The van der Waals surface area contributed by atoms with Gasteiger partial charge in [-0.05, 0) is 46.5 Å². The molecule has 2 rings (SSSR count). The third-order valence-electron chi connectivity index (χ3n) is 4.31. The molecule has 19 heavy (non-hydrogen) atoms. The second-order valence-electron chi connectivity index (χ2n) is 7.03. The Bertz CT molecular complexity index is 383. The Morgan fingerprint density at radius 1 is 1.32 bits per heavy atom. The van der Waals surface area contributed by atoms with Crippen LogP contribution in [0, 0.1) is 5.92 Å². The average Bonchev–Trinajstić information content (AvgIpc) is 2.86. The van der Waals surface area contributed by atoms with E-state index in [1.165, 1.54) is 37.7 Å². The molecule has 3 heteroatoms. The first-order chi connectivity index (χ1) is 8.97. The molecule has 1 atom stereocenters. The van der Waals surface area contributed by atoms with Crippen molar-refractivity contribution < 1.29 is 0 Å². The van der Waals surface area contributed by atoms with Crippen LogP contribution < -0.4 is 5.32 Å². The van der Waals surface area contributed by atoms with Crippen molar-refractivity contribution in [1.29, 1.82) is 0 Å². The minimum atomic E-state index is 0.0766. The van der Waals surface area contributed by atoms with Gasteiger partial charge in [0.1, 0.15) is 0 Å². The van der Waals surface area contributed by atoms with Crippen LogP contribution in [0.15, 0.2) is 12.4 Å². The van der Waals surface area contributed by atoms with Crippen molar-refractivity contribution >= 4 is 0 Å². The number of hydrogen-bond donors (Lipinski definition) is 1. The van der Waals surface area contributed by atoms with E-state index in [4.69, 9.17) is 0 Å². The summed E-state index contributed by atoms with van der Waals surface area (Å²) in [4.78, 5) is 0. The summed E-state index contributed by atoms with van der Waals surface area (Å²) in [5, 5.41) is 8.13. The monoisotopic (exact) mass is 263 g/mol. The Balaban J connectivity index is 1.83. The summed E-state index contributed by atoms with van der Waals surface area (Å²) >= 11 is 0. The third-order valence-corrected chi connectivity index (χ3v) is 4.31. The normalized spacial score (nSPS) is 19.6. The van der Waals surface area contributed by atoms with E-state index < -0.39 is 0 Å². The molecule has 1 saturated carbocycles. The van der Waals surface area contributed by atoms with Gasteiger partial charge in [0.25, 0.3) is 0 Å². The summed E-state index contributed by atoms with van der Waals surface area (Å²) in [6.07, 6.45) is 11.2. The fraction of sp³-hybridized carbons (Fsp3) is 0.812. The molecule has 1 fully saturated rings. The fourth-order valence-electron chi connectivity index (χ4n) is 2.90. The fourth-order valence-corrected chi connectivity index (χ4v) is 2.90. The average molecular weight is 263 g/mol. The number of rotatable bonds is 4. The summed E-state index contributed by atoms with van der Waals surface area (Å²) in [7, 11) is 0. The molecule has 1 aromatic heterocycles. The Kier molecular flexibility index (Phi) is 4.67. The van der Waals surface area contributed by atoms with Gasteiger partial charge in [-0.1, -0.05) is 19.3 Å². The molecule has 1 aromatic rings. The lowest BCUT2D eigenvalue weighted by molar-refractivity contribution is 0.280. The molecule has 0 amide bonds. The smallest absolute Gasteiger partial charge is 0.0543 e.